The number of hydrogen-bond acceptors (Lipinski definition) is 1. The fraction of sp³-hybridized carbons (Fsp3) is 0.917. The molecular weight excluding hydrogens is 174 g/mol. The standard InChI is InChI=1S/C12H23NO/c1-5-13-11(14)10-6-9(2)7-12(3,4)8-10/h9-10H,5-8H2,1-4H3,(H,13,14). The topological polar surface area (TPSA) is 29.1 Å². The third-order valence-corrected chi connectivity index (χ3v) is 3.11. The molecule has 0 radical (unpaired) electrons. The van der Waals surface area contributed by atoms with Gasteiger partial charge in [0.1, 0.15) is 0 Å². The van der Waals surface area contributed by atoms with Crippen LogP contribution in [0.1, 0.15) is 47.0 Å². The second-order valence-electron chi connectivity index (χ2n) is 5.50. The van der Waals surface area contributed by atoms with E-state index in [2.05, 4.69) is 26.1 Å². The van der Waals surface area contributed by atoms with Gasteiger partial charge in [-0.1, -0.05) is 20.8 Å². The van der Waals surface area contributed by atoms with Crippen molar-refractivity contribution in [3.63, 3.8) is 0 Å². The van der Waals surface area contributed by atoms with Crippen molar-refractivity contribution in [3.05, 3.63) is 0 Å². The van der Waals surface area contributed by atoms with Gasteiger partial charge in [0.15, 0.2) is 0 Å². The molecule has 1 aliphatic rings. The SMILES string of the molecule is CCNC(=O)C1CC(C)CC(C)(C)C1. The zero-order valence-electron chi connectivity index (χ0n) is 9.89. The average Bonchev–Trinajstić information content (AvgIpc) is 2.00. The van der Waals surface area contributed by atoms with Crippen molar-refractivity contribution >= 4 is 5.91 Å². The summed E-state index contributed by atoms with van der Waals surface area (Å²) in [7, 11) is 0. The molecule has 1 amide bonds. The van der Waals surface area contributed by atoms with E-state index in [4.69, 9.17) is 0 Å². The van der Waals surface area contributed by atoms with Crippen molar-refractivity contribution in [2.45, 2.75) is 47.0 Å². The molecule has 1 rings (SSSR count). The summed E-state index contributed by atoms with van der Waals surface area (Å²) >= 11 is 0. The van der Waals surface area contributed by atoms with E-state index in [0.29, 0.717) is 11.3 Å². The van der Waals surface area contributed by atoms with Gasteiger partial charge in [-0.2, -0.15) is 0 Å². The zero-order valence-corrected chi connectivity index (χ0v) is 9.89. The van der Waals surface area contributed by atoms with Gasteiger partial charge in [-0.15, -0.1) is 0 Å². The maximum atomic E-state index is 11.7. The van der Waals surface area contributed by atoms with Crippen molar-refractivity contribution < 1.29 is 4.79 Å². The maximum Gasteiger partial charge on any atom is 0.223 e. The molecule has 1 saturated carbocycles. The third-order valence-electron chi connectivity index (χ3n) is 3.11. The second kappa shape index (κ2) is 4.33. The summed E-state index contributed by atoms with van der Waals surface area (Å²) in [4.78, 5) is 11.7. The van der Waals surface area contributed by atoms with Crippen LogP contribution in [-0.4, -0.2) is 12.5 Å². The van der Waals surface area contributed by atoms with Gasteiger partial charge in [0.05, 0.1) is 0 Å². The molecule has 0 aromatic heterocycles. The molecule has 1 fully saturated rings. The van der Waals surface area contributed by atoms with Gasteiger partial charge in [-0.3, -0.25) is 4.79 Å². The number of carbonyl (C=O) groups is 1. The van der Waals surface area contributed by atoms with Crippen LogP contribution in [0.25, 0.3) is 0 Å². The summed E-state index contributed by atoms with van der Waals surface area (Å²) in [5.74, 6) is 1.19. The first-order valence-corrected chi connectivity index (χ1v) is 5.72. The minimum atomic E-state index is 0.244. The Morgan fingerprint density at radius 1 is 1.43 bits per heavy atom. The van der Waals surface area contributed by atoms with Crippen LogP contribution in [0.5, 0.6) is 0 Å². The van der Waals surface area contributed by atoms with E-state index in [1.807, 2.05) is 6.92 Å². The van der Waals surface area contributed by atoms with E-state index < -0.39 is 0 Å². The van der Waals surface area contributed by atoms with Gasteiger partial charge in [0, 0.05) is 12.5 Å². The molecule has 0 aromatic rings. The van der Waals surface area contributed by atoms with Crippen molar-refractivity contribution in [2.75, 3.05) is 6.54 Å². The predicted octanol–water partition coefficient (Wildman–Crippen LogP) is 2.58. The summed E-state index contributed by atoms with van der Waals surface area (Å²) < 4.78 is 0. The van der Waals surface area contributed by atoms with E-state index in [1.54, 1.807) is 0 Å². The van der Waals surface area contributed by atoms with Crippen LogP contribution in [-0.2, 0) is 4.79 Å². The Bertz CT molecular complexity index is 210. The van der Waals surface area contributed by atoms with Crippen molar-refractivity contribution in [2.24, 2.45) is 17.3 Å². The molecule has 2 atom stereocenters. The highest BCUT2D eigenvalue weighted by Crippen LogP contribution is 2.41. The van der Waals surface area contributed by atoms with E-state index in [0.717, 1.165) is 19.4 Å². The summed E-state index contributed by atoms with van der Waals surface area (Å²) in [5.41, 5.74) is 0.341. The van der Waals surface area contributed by atoms with E-state index >= 15 is 0 Å². The molecule has 0 saturated heterocycles. The average molecular weight is 197 g/mol. The highest BCUT2D eigenvalue weighted by molar-refractivity contribution is 5.78. The number of rotatable bonds is 2. The number of carbonyl (C=O) groups excluding carboxylic acids is 1. The van der Waals surface area contributed by atoms with Crippen LogP contribution < -0.4 is 5.32 Å². The van der Waals surface area contributed by atoms with Gasteiger partial charge >= 0.3 is 0 Å². The number of amides is 1. The van der Waals surface area contributed by atoms with Crippen LogP contribution in [0, 0.1) is 17.3 Å². The van der Waals surface area contributed by atoms with Gasteiger partial charge < -0.3 is 5.32 Å². The Kier molecular flexibility index (Phi) is 3.57. The van der Waals surface area contributed by atoms with E-state index in [-0.39, 0.29) is 11.8 Å². The smallest absolute Gasteiger partial charge is 0.223 e. The zero-order chi connectivity index (χ0) is 10.8. The molecule has 0 aromatic carbocycles. The van der Waals surface area contributed by atoms with Crippen molar-refractivity contribution in [1.82, 2.24) is 5.32 Å². The Morgan fingerprint density at radius 2 is 2.07 bits per heavy atom. The highest BCUT2D eigenvalue weighted by Gasteiger charge is 2.35. The minimum Gasteiger partial charge on any atom is -0.356 e. The van der Waals surface area contributed by atoms with Crippen LogP contribution in [0.4, 0.5) is 0 Å². The molecule has 82 valence electrons. The summed E-state index contributed by atoms with van der Waals surface area (Å²) in [6.45, 7) is 9.54. The van der Waals surface area contributed by atoms with E-state index in [9.17, 15) is 4.79 Å². The number of nitrogens with one attached hydrogen (secondary N) is 1. The van der Waals surface area contributed by atoms with Crippen LogP contribution >= 0.6 is 0 Å². The van der Waals surface area contributed by atoms with Gasteiger partial charge in [-0.05, 0) is 37.5 Å². The van der Waals surface area contributed by atoms with Crippen molar-refractivity contribution in [3.8, 4) is 0 Å². The Labute approximate surface area is 87.5 Å². The molecule has 0 spiro atoms. The van der Waals surface area contributed by atoms with E-state index in [1.165, 1.54) is 6.42 Å². The molecule has 14 heavy (non-hydrogen) atoms. The quantitative estimate of drug-likeness (QED) is 0.724. The first-order chi connectivity index (χ1) is 6.44. The summed E-state index contributed by atoms with van der Waals surface area (Å²) in [6, 6.07) is 0. The summed E-state index contributed by atoms with van der Waals surface area (Å²) in [6.07, 6.45) is 3.36. The molecule has 2 nitrogen and oxygen atoms in total. The largest absolute Gasteiger partial charge is 0.356 e. The lowest BCUT2D eigenvalue weighted by atomic mass is 9.68. The van der Waals surface area contributed by atoms with Gasteiger partial charge in [0.25, 0.3) is 0 Å². The second-order valence-corrected chi connectivity index (χ2v) is 5.50. The lowest BCUT2D eigenvalue weighted by Crippen LogP contribution is -2.38. The summed E-state index contributed by atoms with van der Waals surface area (Å²) in [5, 5.41) is 2.93. The number of hydrogen-bond donors (Lipinski definition) is 1. The monoisotopic (exact) mass is 197 g/mol. The molecule has 1 aliphatic carbocycles. The van der Waals surface area contributed by atoms with Gasteiger partial charge in [-0.25, -0.2) is 0 Å². The molecule has 2 unspecified atom stereocenters. The Hall–Kier alpha value is -0.530. The van der Waals surface area contributed by atoms with Gasteiger partial charge in [0.2, 0.25) is 5.91 Å². The predicted molar refractivity (Wildman–Crippen MR) is 59.0 cm³/mol. The fourth-order valence-corrected chi connectivity index (χ4v) is 2.86. The Morgan fingerprint density at radius 3 is 2.57 bits per heavy atom. The molecular formula is C12H23NO. The lowest BCUT2D eigenvalue weighted by molar-refractivity contribution is -0.127. The third kappa shape index (κ3) is 3.00. The Balaban J connectivity index is 2.57. The first-order valence-electron chi connectivity index (χ1n) is 5.72. The molecule has 2 heteroatoms. The molecule has 0 aliphatic heterocycles. The maximum absolute atomic E-state index is 11.7. The molecule has 1 N–H and O–H groups in total. The molecule has 0 bridgehead atoms. The normalized spacial score (nSPS) is 31.1. The highest BCUT2D eigenvalue weighted by atomic mass is 16.1. The first kappa shape index (κ1) is 11.5. The van der Waals surface area contributed by atoms with Crippen LogP contribution in [0.2, 0.25) is 0 Å². The minimum absolute atomic E-state index is 0.244. The molecule has 0 heterocycles. The fourth-order valence-electron chi connectivity index (χ4n) is 2.86. The van der Waals surface area contributed by atoms with Crippen molar-refractivity contribution in [1.29, 1.82) is 0 Å². The van der Waals surface area contributed by atoms with Crippen LogP contribution in [0.15, 0.2) is 0 Å². The van der Waals surface area contributed by atoms with Crippen LogP contribution in [0.3, 0.4) is 0 Å². The lowest BCUT2D eigenvalue weighted by Gasteiger charge is -2.38.